The second-order valence-corrected chi connectivity index (χ2v) is 5.38. The Morgan fingerprint density at radius 2 is 2.21 bits per heavy atom. The van der Waals surface area contributed by atoms with E-state index in [0.29, 0.717) is 5.69 Å². The predicted molar refractivity (Wildman–Crippen MR) is 74.9 cm³/mol. The predicted octanol–water partition coefficient (Wildman–Crippen LogP) is 1.37. The molecule has 2 unspecified atom stereocenters. The first kappa shape index (κ1) is 14.1. The van der Waals surface area contributed by atoms with Crippen LogP contribution >= 0.6 is 0 Å². The molecule has 1 aliphatic rings. The molecule has 1 aromatic rings. The van der Waals surface area contributed by atoms with Crippen molar-refractivity contribution in [2.75, 3.05) is 0 Å². The largest absolute Gasteiger partial charge is 0.346 e. The van der Waals surface area contributed by atoms with Crippen LogP contribution in [-0.4, -0.2) is 27.8 Å². The highest BCUT2D eigenvalue weighted by atomic mass is 16.2. The number of carbonyl (C=O) groups excluding carboxylic acids is 1. The Morgan fingerprint density at radius 3 is 2.89 bits per heavy atom. The summed E-state index contributed by atoms with van der Waals surface area (Å²) in [5, 5.41) is 7.38. The molecule has 2 rings (SSSR count). The van der Waals surface area contributed by atoms with Gasteiger partial charge in [0.25, 0.3) is 5.91 Å². The molecule has 106 valence electrons. The Bertz CT molecular complexity index is 441. The van der Waals surface area contributed by atoms with Gasteiger partial charge in [-0.15, -0.1) is 0 Å². The van der Waals surface area contributed by atoms with Crippen molar-refractivity contribution >= 4 is 5.91 Å². The SMILES string of the molecule is CCc1cc(C(=O)NC2CCCCCC2N)n(C)n1. The summed E-state index contributed by atoms with van der Waals surface area (Å²) in [6, 6.07) is 2.03. The minimum absolute atomic E-state index is 0.0583. The lowest BCUT2D eigenvalue weighted by molar-refractivity contribution is 0.0919. The molecule has 5 nitrogen and oxygen atoms in total. The van der Waals surface area contributed by atoms with Gasteiger partial charge in [-0.2, -0.15) is 5.10 Å². The molecule has 3 N–H and O–H groups in total. The monoisotopic (exact) mass is 264 g/mol. The molecule has 1 fully saturated rings. The number of hydrogen-bond donors (Lipinski definition) is 2. The van der Waals surface area contributed by atoms with Crippen molar-refractivity contribution in [3.63, 3.8) is 0 Å². The number of nitrogens with zero attached hydrogens (tertiary/aromatic N) is 2. The van der Waals surface area contributed by atoms with Crippen LogP contribution in [0.25, 0.3) is 0 Å². The van der Waals surface area contributed by atoms with Gasteiger partial charge in [-0.3, -0.25) is 9.48 Å². The van der Waals surface area contributed by atoms with Crippen molar-refractivity contribution in [2.45, 2.75) is 57.5 Å². The van der Waals surface area contributed by atoms with Gasteiger partial charge >= 0.3 is 0 Å². The second kappa shape index (κ2) is 6.19. The topological polar surface area (TPSA) is 72.9 Å². The van der Waals surface area contributed by atoms with Crippen molar-refractivity contribution in [3.8, 4) is 0 Å². The van der Waals surface area contributed by atoms with Gasteiger partial charge in [0.1, 0.15) is 5.69 Å². The summed E-state index contributed by atoms with van der Waals surface area (Å²) in [6.07, 6.45) is 6.33. The second-order valence-electron chi connectivity index (χ2n) is 5.38. The summed E-state index contributed by atoms with van der Waals surface area (Å²) >= 11 is 0. The smallest absolute Gasteiger partial charge is 0.269 e. The van der Waals surface area contributed by atoms with Gasteiger partial charge < -0.3 is 11.1 Å². The van der Waals surface area contributed by atoms with E-state index in [1.54, 1.807) is 11.7 Å². The van der Waals surface area contributed by atoms with Crippen molar-refractivity contribution in [3.05, 3.63) is 17.5 Å². The summed E-state index contributed by atoms with van der Waals surface area (Å²) < 4.78 is 1.65. The summed E-state index contributed by atoms with van der Waals surface area (Å²) in [5.74, 6) is -0.0583. The lowest BCUT2D eigenvalue weighted by Crippen LogP contribution is -2.47. The van der Waals surface area contributed by atoms with Gasteiger partial charge in [0.2, 0.25) is 0 Å². The number of aryl methyl sites for hydroxylation is 2. The molecule has 0 radical (unpaired) electrons. The maximum atomic E-state index is 12.3. The normalized spacial score (nSPS) is 23.9. The first-order valence-corrected chi connectivity index (χ1v) is 7.21. The highest BCUT2D eigenvalue weighted by Gasteiger charge is 2.23. The molecular formula is C14H24N4O. The van der Waals surface area contributed by atoms with Gasteiger partial charge in [-0.05, 0) is 25.3 Å². The van der Waals surface area contributed by atoms with Crippen LogP contribution in [0.3, 0.4) is 0 Å². The van der Waals surface area contributed by atoms with E-state index in [9.17, 15) is 4.79 Å². The zero-order valence-electron chi connectivity index (χ0n) is 11.9. The van der Waals surface area contributed by atoms with E-state index >= 15 is 0 Å². The van der Waals surface area contributed by atoms with Crippen LogP contribution in [0.5, 0.6) is 0 Å². The first-order chi connectivity index (χ1) is 9.11. The molecule has 1 aromatic heterocycles. The minimum atomic E-state index is -0.0583. The van der Waals surface area contributed by atoms with Gasteiger partial charge in [0, 0.05) is 19.1 Å². The molecule has 1 amide bonds. The molecule has 1 aliphatic carbocycles. The van der Waals surface area contributed by atoms with Crippen LogP contribution in [0.1, 0.15) is 55.2 Å². The number of amides is 1. The van der Waals surface area contributed by atoms with Crippen LogP contribution < -0.4 is 11.1 Å². The van der Waals surface area contributed by atoms with Gasteiger partial charge in [0.05, 0.1) is 5.69 Å². The van der Waals surface area contributed by atoms with Crippen molar-refractivity contribution in [2.24, 2.45) is 12.8 Å². The minimum Gasteiger partial charge on any atom is -0.346 e. The van der Waals surface area contributed by atoms with Crippen LogP contribution in [0.15, 0.2) is 6.07 Å². The van der Waals surface area contributed by atoms with Crippen molar-refractivity contribution in [1.82, 2.24) is 15.1 Å². The number of carbonyl (C=O) groups is 1. The van der Waals surface area contributed by atoms with E-state index in [0.717, 1.165) is 31.4 Å². The summed E-state index contributed by atoms with van der Waals surface area (Å²) in [5.41, 5.74) is 7.70. The molecular weight excluding hydrogens is 240 g/mol. The highest BCUT2D eigenvalue weighted by molar-refractivity contribution is 5.92. The van der Waals surface area contributed by atoms with Gasteiger partial charge in [-0.25, -0.2) is 0 Å². The molecule has 5 heteroatoms. The quantitative estimate of drug-likeness (QED) is 0.810. The highest BCUT2D eigenvalue weighted by Crippen LogP contribution is 2.17. The maximum Gasteiger partial charge on any atom is 0.269 e. The Labute approximate surface area is 114 Å². The third-order valence-electron chi connectivity index (χ3n) is 3.91. The molecule has 1 heterocycles. The number of aromatic nitrogens is 2. The third-order valence-corrected chi connectivity index (χ3v) is 3.91. The van der Waals surface area contributed by atoms with E-state index in [4.69, 9.17) is 5.73 Å². The van der Waals surface area contributed by atoms with Gasteiger partial charge in [-0.1, -0.05) is 26.2 Å². The average molecular weight is 264 g/mol. The van der Waals surface area contributed by atoms with Crippen molar-refractivity contribution < 1.29 is 4.79 Å². The molecule has 0 saturated heterocycles. The Kier molecular flexibility index (Phi) is 4.58. The number of nitrogens with two attached hydrogens (primary N) is 1. The summed E-state index contributed by atoms with van der Waals surface area (Å²) in [7, 11) is 1.81. The van der Waals surface area contributed by atoms with E-state index in [-0.39, 0.29) is 18.0 Å². The fourth-order valence-electron chi connectivity index (χ4n) is 2.67. The Balaban J connectivity index is 2.04. The van der Waals surface area contributed by atoms with Crippen LogP contribution in [0.2, 0.25) is 0 Å². The van der Waals surface area contributed by atoms with Crippen molar-refractivity contribution in [1.29, 1.82) is 0 Å². The van der Waals surface area contributed by atoms with E-state index in [2.05, 4.69) is 10.4 Å². The molecule has 19 heavy (non-hydrogen) atoms. The molecule has 1 saturated carbocycles. The van der Waals surface area contributed by atoms with E-state index in [1.165, 1.54) is 12.8 Å². The van der Waals surface area contributed by atoms with Crippen LogP contribution in [-0.2, 0) is 13.5 Å². The lowest BCUT2D eigenvalue weighted by atomic mass is 10.0. The third kappa shape index (κ3) is 3.35. The maximum absolute atomic E-state index is 12.3. The molecule has 0 spiro atoms. The Morgan fingerprint density at radius 1 is 1.47 bits per heavy atom. The van der Waals surface area contributed by atoms with Crippen LogP contribution in [0.4, 0.5) is 0 Å². The van der Waals surface area contributed by atoms with Crippen LogP contribution in [0, 0.1) is 0 Å². The van der Waals surface area contributed by atoms with E-state index < -0.39 is 0 Å². The number of rotatable bonds is 3. The lowest BCUT2D eigenvalue weighted by Gasteiger charge is -2.22. The molecule has 0 aliphatic heterocycles. The van der Waals surface area contributed by atoms with E-state index in [1.807, 2.05) is 13.0 Å². The molecule has 0 bridgehead atoms. The standard InChI is InChI=1S/C14H24N4O/c1-3-10-9-13(18(2)17-10)14(19)16-12-8-6-4-5-7-11(12)15/h9,11-12H,3-8,15H2,1-2H3,(H,16,19). The zero-order valence-corrected chi connectivity index (χ0v) is 11.9. The number of hydrogen-bond acceptors (Lipinski definition) is 3. The fourth-order valence-corrected chi connectivity index (χ4v) is 2.67. The molecule has 0 aromatic carbocycles. The fraction of sp³-hybridized carbons (Fsp3) is 0.714. The summed E-state index contributed by atoms with van der Waals surface area (Å²) in [4.78, 5) is 12.3. The Hall–Kier alpha value is -1.36. The zero-order chi connectivity index (χ0) is 13.8. The average Bonchev–Trinajstić information content (AvgIpc) is 2.66. The van der Waals surface area contributed by atoms with Gasteiger partial charge in [0.15, 0.2) is 0 Å². The first-order valence-electron chi connectivity index (χ1n) is 7.21. The number of nitrogens with one attached hydrogen (secondary N) is 1. The summed E-state index contributed by atoms with van der Waals surface area (Å²) in [6.45, 7) is 2.03. The molecule has 2 atom stereocenters.